The second kappa shape index (κ2) is 2.35. The molecule has 1 rings (SSSR count). The summed E-state index contributed by atoms with van der Waals surface area (Å²) in [6.07, 6.45) is 1.48. The van der Waals surface area contributed by atoms with Crippen LogP contribution in [0.2, 0.25) is 0 Å². The van der Waals surface area contributed by atoms with Crippen LogP contribution in [0, 0.1) is 0 Å². The molecule has 0 fully saturated rings. The first kappa shape index (κ1) is 6.55. The molecule has 0 spiro atoms. The van der Waals surface area contributed by atoms with Crippen molar-refractivity contribution in [3.05, 3.63) is 22.6 Å². The van der Waals surface area contributed by atoms with E-state index in [0.29, 0.717) is 5.76 Å². The molecule has 0 N–H and O–H groups in total. The first-order valence-electron chi connectivity index (χ1n) is 2.45. The molecule has 0 aliphatic rings. The summed E-state index contributed by atoms with van der Waals surface area (Å²) in [5, 5.41) is 0. The molecule has 0 aliphatic carbocycles. The van der Waals surface area contributed by atoms with Gasteiger partial charge in [0.05, 0.1) is 4.47 Å². The van der Waals surface area contributed by atoms with Crippen molar-refractivity contribution in [2.45, 2.75) is 6.92 Å². The molecule has 2 nitrogen and oxygen atoms in total. The SMILES string of the molecule is CC(=O)c1cc(Br)co1. The lowest BCUT2D eigenvalue weighted by Gasteiger charge is -1.80. The van der Waals surface area contributed by atoms with E-state index in [-0.39, 0.29) is 5.78 Å². The number of ketones is 1. The van der Waals surface area contributed by atoms with Gasteiger partial charge in [-0.3, -0.25) is 4.79 Å². The molecule has 0 amide bonds. The Labute approximate surface area is 61.0 Å². The standard InChI is InChI=1S/C6H5BrO2/c1-4(8)6-2-5(7)3-9-6/h2-3H,1H3. The molecule has 1 aromatic heterocycles. The Hall–Kier alpha value is -0.570. The number of carbonyl (C=O) groups excluding carboxylic acids is 1. The van der Waals surface area contributed by atoms with Crippen LogP contribution in [0.15, 0.2) is 21.2 Å². The molecule has 9 heavy (non-hydrogen) atoms. The minimum Gasteiger partial charge on any atom is -0.460 e. The molecule has 48 valence electrons. The van der Waals surface area contributed by atoms with Crippen LogP contribution >= 0.6 is 15.9 Å². The van der Waals surface area contributed by atoms with E-state index in [1.807, 2.05) is 0 Å². The lowest BCUT2D eigenvalue weighted by molar-refractivity contribution is 0.0987. The van der Waals surface area contributed by atoms with Crippen molar-refractivity contribution in [2.24, 2.45) is 0 Å². The molecule has 0 unspecified atom stereocenters. The molecule has 0 atom stereocenters. The van der Waals surface area contributed by atoms with Crippen molar-refractivity contribution in [1.82, 2.24) is 0 Å². The second-order valence-electron chi connectivity index (χ2n) is 1.69. The minimum absolute atomic E-state index is 0.0549. The van der Waals surface area contributed by atoms with E-state index in [0.717, 1.165) is 4.47 Å². The number of Topliss-reactive ketones (excluding diaryl/α,β-unsaturated/α-hetero) is 1. The third kappa shape index (κ3) is 1.42. The third-order valence-corrected chi connectivity index (χ3v) is 1.33. The van der Waals surface area contributed by atoms with Crippen LogP contribution in [0.4, 0.5) is 0 Å². The minimum atomic E-state index is -0.0549. The van der Waals surface area contributed by atoms with Crippen LogP contribution in [0.1, 0.15) is 17.5 Å². The molecule has 0 saturated carbocycles. The smallest absolute Gasteiger partial charge is 0.194 e. The zero-order valence-electron chi connectivity index (χ0n) is 4.85. The van der Waals surface area contributed by atoms with E-state index in [2.05, 4.69) is 15.9 Å². The maximum Gasteiger partial charge on any atom is 0.194 e. The molecule has 0 aliphatic heterocycles. The highest BCUT2D eigenvalue weighted by atomic mass is 79.9. The number of rotatable bonds is 1. The molecular weight excluding hydrogens is 184 g/mol. The Morgan fingerprint density at radius 3 is 2.67 bits per heavy atom. The molecule has 1 heterocycles. The van der Waals surface area contributed by atoms with Crippen LogP contribution < -0.4 is 0 Å². The summed E-state index contributed by atoms with van der Waals surface area (Å²) in [5.74, 6) is 0.336. The molecule has 3 heteroatoms. The monoisotopic (exact) mass is 188 g/mol. The van der Waals surface area contributed by atoms with Gasteiger partial charge in [-0.25, -0.2) is 0 Å². The van der Waals surface area contributed by atoms with Crippen molar-refractivity contribution < 1.29 is 9.21 Å². The fraction of sp³-hybridized carbons (Fsp3) is 0.167. The third-order valence-electron chi connectivity index (χ3n) is 0.914. The zero-order chi connectivity index (χ0) is 6.85. The summed E-state index contributed by atoms with van der Waals surface area (Å²) >= 11 is 3.15. The van der Waals surface area contributed by atoms with Gasteiger partial charge in [-0.05, 0) is 15.9 Å². The summed E-state index contributed by atoms with van der Waals surface area (Å²) < 4.78 is 5.63. The van der Waals surface area contributed by atoms with Gasteiger partial charge < -0.3 is 4.42 Å². The fourth-order valence-corrected chi connectivity index (χ4v) is 0.799. The van der Waals surface area contributed by atoms with Crippen LogP contribution in [-0.4, -0.2) is 5.78 Å². The lowest BCUT2D eigenvalue weighted by Crippen LogP contribution is -1.85. The van der Waals surface area contributed by atoms with Gasteiger partial charge in [0.25, 0.3) is 0 Å². The van der Waals surface area contributed by atoms with Crippen molar-refractivity contribution in [3.8, 4) is 0 Å². The Bertz CT molecular complexity index is 227. The predicted octanol–water partition coefficient (Wildman–Crippen LogP) is 2.24. The Kier molecular flexibility index (Phi) is 1.71. The van der Waals surface area contributed by atoms with Crippen LogP contribution in [0.5, 0.6) is 0 Å². The largest absolute Gasteiger partial charge is 0.460 e. The summed E-state index contributed by atoms with van der Waals surface area (Å²) in [7, 11) is 0. The van der Waals surface area contributed by atoms with Crippen molar-refractivity contribution in [3.63, 3.8) is 0 Å². The van der Waals surface area contributed by atoms with Crippen LogP contribution in [0.3, 0.4) is 0 Å². The fourth-order valence-electron chi connectivity index (χ4n) is 0.498. The number of carbonyl (C=O) groups is 1. The van der Waals surface area contributed by atoms with Gasteiger partial charge in [-0.15, -0.1) is 0 Å². The van der Waals surface area contributed by atoms with E-state index in [4.69, 9.17) is 4.42 Å². The van der Waals surface area contributed by atoms with E-state index < -0.39 is 0 Å². The van der Waals surface area contributed by atoms with Gasteiger partial charge in [0.1, 0.15) is 6.26 Å². The quantitative estimate of drug-likeness (QED) is 0.634. The lowest BCUT2D eigenvalue weighted by atomic mass is 10.3. The summed E-state index contributed by atoms with van der Waals surface area (Å²) in [6, 6.07) is 1.64. The van der Waals surface area contributed by atoms with Crippen LogP contribution in [0.25, 0.3) is 0 Å². The van der Waals surface area contributed by atoms with Crippen molar-refractivity contribution >= 4 is 21.7 Å². The molecular formula is C6H5BrO2. The van der Waals surface area contributed by atoms with E-state index in [9.17, 15) is 4.79 Å². The zero-order valence-corrected chi connectivity index (χ0v) is 6.44. The summed E-state index contributed by atoms with van der Waals surface area (Å²) in [4.78, 5) is 10.5. The van der Waals surface area contributed by atoms with E-state index in [1.165, 1.54) is 13.2 Å². The topological polar surface area (TPSA) is 30.2 Å². The van der Waals surface area contributed by atoms with E-state index >= 15 is 0 Å². The normalized spacial score (nSPS) is 9.56. The molecule has 0 radical (unpaired) electrons. The number of hydrogen-bond donors (Lipinski definition) is 0. The number of halogens is 1. The maximum absolute atomic E-state index is 10.5. The second-order valence-corrected chi connectivity index (χ2v) is 2.60. The van der Waals surface area contributed by atoms with Crippen molar-refractivity contribution in [2.75, 3.05) is 0 Å². The molecule has 0 bridgehead atoms. The highest BCUT2D eigenvalue weighted by Gasteiger charge is 2.02. The van der Waals surface area contributed by atoms with Gasteiger partial charge in [0, 0.05) is 13.0 Å². The Morgan fingerprint density at radius 1 is 1.78 bits per heavy atom. The Balaban J connectivity index is 2.98. The number of hydrogen-bond acceptors (Lipinski definition) is 2. The maximum atomic E-state index is 10.5. The predicted molar refractivity (Wildman–Crippen MR) is 36.4 cm³/mol. The molecule has 1 aromatic rings. The van der Waals surface area contributed by atoms with Gasteiger partial charge >= 0.3 is 0 Å². The number of furan rings is 1. The van der Waals surface area contributed by atoms with Gasteiger partial charge in [0.2, 0.25) is 0 Å². The van der Waals surface area contributed by atoms with Gasteiger partial charge in [-0.1, -0.05) is 0 Å². The summed E-state index contributed by atoms with van der Waals surface area (Å²) in [6.45, 7) is 1.46. The average molecular weight is 189 g/mol. The Morgan fingerprint density at radius 2 is 2.44 bits per heavy atom. The first-order chi connectivity index (χ1) is 4.20. The molecule has 0 aromatic carbocycles. The van der Waals surface area contributed by atoms with Gasteiger partial charge in [0.15, 0.2) is 11.5 Å². The average Bonchev–Trinajstić information content (AvgIpc) is 2.14. The van der Waals surface area contributed by atoms with Crippen molar-refractivity contribution in [1.29, 1.82) is 0 Å². The summed E-state index contributed by atoms with van der Waals surface area (Å²) in [5.41, 5.74) is 0. The van der Waals surface area contributed by atoms with Gasteiger partial charge in [-0.2, -0.15) is 0 Å². The molecule has 0 saturated heterocycles. The first-order valence-corrected chi connectivity index (χ1v) is 3.24. The highest BCUT2D eigenvalue weighted by Crippen LogP contribution is 2.13. The van der Waals surface area contributed by atoms with E-state index in [1.54, 1.807) is 6.07 Å². The highest BCUT2D eigenvalue weighted by molar-refractivity contribution is 9.10. The van der Waals surface area contributed by atoms with Crippen LogP contribution in [-0.2, 0) is 0 Å².